The summed E-state index contributed by atoms with van der Waals surface area (Å²) in [7, 11) is 1.97. The molecule has 3 heterocycles. The zero-order valence-electron chi connectivity index (χ0n) is 13.6. The van der Waals surface area contributed by atoms with Gasteiger partial charge in [-0.15, -0.1) is 0 Å². The highest BCUT2D eigenvalue weighted by atomic mass is 15.2. The first-order valence-corrected chi connectivity index (χ1v) is 8.15. The van der Waals surface area contributed by atoms with Gasteiger partial charge in [0.2, 0.25) is 0 Å². The van der Waals surface area contributed by atoms with Crippen LogP contribution in [0.25, 0.3) is 11.0 Å². The van der Waals surface area contributed by atoms with Crippen molar-refractivity contribution in [2.45, 2.75) is 19.8 Å². The van der Waals surface area contributed by atoms with E-state index in [0.717, 1.165) is 42.1 Å². The number of fused-ring (bicyclic) bond motifs is 1. The van der Waals surface area contributed by atoms with Crippen LogP contribution in [0, 0.1) is 12.8 Å². The number of aryl methyl sites for hydroxylation is 2. The van der Waals surface area contributed by atoms with E-state index < -0.39 is 0 Å². The van der Waals surface area contributed by atoms with Crippen LogP contribution in [-0.4, -0.2) is 32.8 Å². The Morgan fingerprint density at radius 2 is 1.96 bits per heavy atom. The molecule has 1 aliphatic heterocycles. The zero-order chi connectivity index (χ0) is 15.8. The van der Waals surface area contributed by atoms with Crippen molar-refractivity contribution in [1.29, 1.82) is 0 Å². The number of hydrogen-bond donors (Lipinski definition) is 0. The Balaban J connectivity index is 1.54. The van der Waals surface area contributed by atoms with E-state index in [-0.39, 0.29) is 0 Å². The van der Waals surface area contributed by atoms with Gasteiger partial charge in [-0.3, -0.25) is 4.68 Å². The first-order chi connectivity index (χ1) is 11.2. The average Bonchev–Trinajstić information content (AvgIpc) is 3.16. The quantitative estimate of drug-likeness (QED) is 0.746. The third kappa shape index (κ3) is 2.79. The number of para-hydroxylation sites is 2. The van der Waals surface area contributed by atoms with Crippen molar-refractivity contribution in [2.24, 2.45) is 13.0 Å². The molecule has 118 valence electrons. The predicted molar refractivity (Wildman–Crippen MR) is 91.5 cm³/mol. The molecule has 5 nitrogen and oxygen atoms in total. The summed E-state index contributed by atoms with van der Waals surface area (Å²) >= 11 is 0. The largest absolute Gasteiger partial charge is 0.355 e. The molecule has 5 heteroatoms. The van der Waals surface area contributed by atoms with Gasteiger partial charge in [-0.1, -0.05) is 12.1 Å². The highest BCUT2D eigenvalue weighted by molar-refractivity contribution is 5.76. The minimum atomic E-state index is 0.659. The molecule has 1 aromatic carbocycles. The first kappa shape index (κ1) is 14.2. The van der Waals surface area contributed by atoms with Gasteiger partial charge in [0.1, 0.15) is 0 Å². The monoisotopic (exact) mass is 307 g/mol. The Bertz CT molecular complexity index is 838. The zero-order valence-corrected chi connectivity index (χ0v) is 13.6. The molecule has 0 saturated carbocycles. The molecule has 0 spiro atoms. The van der Waals surface area contributed by atoms with Crippen molar-refractivity contribution in [1.82, 2.24) is 19.7 Å². The SMILES string of the molecule is Cc1nc2ccccc2nc1N1CCC(Cc2cnn(C)c2)C1. The van der Waals surface area contributed by atoms with Gasteiger partial charge in [0.15, 0.2) is 5.82 Å². The van der Waals surface area contributed by atoms with Crippen molar-refractivity contribution in [3.63, 3.8) is 0 Å². The number of anilines is 1. The number of hydrogen-bond acceptors (Lipinski definition) is 4. The van der Waals surface area contributed by atoms with Gasteiger partial charge < -0.3 is 4.90 Å². The summed E-state index contributed by atoms with van der Waals surface area (Å²) in [6.07, 6.45) is 6.38. The Morgan fingerprint density at radius 3 is 2.70 bits per heavy atom. The van der Waals surface area contributed by atoms with E-state index >= 15 is 0 Å². The fourth-order valence-electron chi connectivity index (χ4n) is 3.48. The Hall–Kier alpha value is -2.43. The average molecular weight is 307 g/mol. The van der Waals surface area contributed by atoms with Crippen molar-refractivity contribution in [3.05, 3.63) is 47.9 Å². The van der Waals surface area contributed by atoms with Crippen LogP contribution in [0.2, 0.25) is 0 Å². The second-order valence-corrected chi connectivity index (χ2v) is 6.45. The van der Waals surface area contributed by atoms with Crippen LogP contribution in [-0.2, 0) is 13.5 Å². The molecule has 2 aromatic heterocycles. The lowest BCUT2D eigenvalue weighted by Gasteiger charge is -2.19. The molecule has 0 N–H and O–H groups in total. The topological polar surface area (TPSA) is 46.8 Å². The number of aromatic nitrogens is 4. The lowest BCUT2D eigenvalue weighted by Crippen LogP contribution is -2.22. The van der Waals surface area contributed by atoms with Crippen LogP contribution in [0.3, 0.4) is 0 Å². The predicted octanol–water partition coefficient (Wildman–Crippen LogP) is 2.74. The van der Waals surface area contributed by atoms with Crippen LogP contribution in [0.1, 0.15) is 17.7 Å². The van der Waals surface area contributed by atoms with Crippen LogP contribution >= 0.6 is 0 Å². The highest BCUT2D eigenvalue weighted by Crippen LogP contribution is 2.27. The summed E-state index contributed by atoms with van der Waals surface area (Å²) in [6.45, 7) is 4.16. The van der Waals surface area contributed by atoms with Crippen LogP contribution in [0.4, 0.5) is 5.82 Å². The van der Waals surface area contributed by atoms with E-state index in [1.54, 1.807) is 0 Å². The van der Waals surface area contributed by atoms with Crippen LogP contribution < -0.4 is 4.90 Å². The third-order valence-corrected chi connectivity index (χ3v) is 4.59. The van der Waals surface area contributed by atoms with Crippen molar-refractivity contribution in [2.75, 3.05) is 18.0 Å². The van der Waals surface area contributed by atoms with Gasteiger partial charge >= 0.3 is 0 Å². The molecule has 0 radical (unpaired) electrons. The maximum atomic E-state index is 4.85. The van der Waals surface area contributed by atoms with Crippen LogP contribution in [0.15, 0.2) is 36.7 Å². The summed E-state index contributed by atoms with van der Waals surface area (Å²) < 4.78 is 1.88. The van der Waals surface area contributed by atoms with Crippen molar-refractivity contribution in [3.8, 4) is 0 Å². The Labute approximate surface area is 136 Å². The fourth-order valence-corrected chi connectivity index (χ4v) is 3.48. The van der Waals surface area contributed by atoms with Gasteiger partial charge in [-0.2, -0.15) is 5.10 Å². The van der Waals surface area contributed by atoms with E-state index in [1.165, 1.54) is 12.0 Å². The highest BCUT2D eigenvalue weighted by Gasteiger charge is 2.25. The first-order valence-electron chi connectivity index (χ1n) is 8.15. The molecule has 1 atom stereocenters. The smallest absolute Gasteiger partial charge is 0.150 e. The molecule has 1 saturated heterocycles. The molecule has 1 fully saturated rings. The number of benzene rings is 1. The maximum absolute atomic E-state index is 4.85. The molecule has 3 aromatic rings. The minimum absolute atomic E-state index is 0.659. The standard InChI is InChI=1S/C18H21N5/c1-13-18(21-17-6-4-3-5-16(17)20-13)23-8-7-14(12-23)9-15-10-19-22(2)11-15/h3-6,10-11,14H,7-9,12H2,1-2H3. The minimum Gasteiger partial charge on any atom is -0.355 e. The lowest BCUT2D eigenvalue weighted by molar-refractivity contribution is 0.585. The van der Waals surface area contributed by atoms with Crippen LogP contribution in [0.5, 0.6) is 0 Å². The van der Waals surface area contributed by atoms with Crippen molar-refractivity contribution >= 4 is 16.9 Å². The van der Waals surface area contributed by atoms with Gasteiger partial charge in [-0.05, 0) is 43.4 Å². The second-order valence-electron chi connectivity index (χ2n) is 6.45. The van der Waals surface area contributed by atoms with Gasteiger partial charge in [0.25, 0.3) is 0 Å². The fraction of sp³-hybridized carbons (Fsp3) is 0.389. The number of rotatable bonds is 3. The molecule has 23 heavy (non-hydrogen) atoms. The molecular formula is C18H21N5. The normalized spacial score (nSPS) is 18.0. The third-order valence-electron chi connectivity index (χ3n) is 4.59. The maximum Gasteiger partial charge on any atom is 0.150 e. The van der Waals surface area contributed by atoms with Gasteiger partial charge in [0, 0.05) is 26.3 Å². The van der Waals surface area contributed by atoms with Crippen molar-refractivity contribution < 1.29 is 0 Å². The summed E-state index contributed by atoms with van der Waals surface area (Å²) in [5, 5.41) is 4.26. The van der Waals surface area contributed by atoms with E-state index in [9.17, 15) is 0 Å². The Kier molecular flexibility index (Phi) is 3.48. The molecular weight excluding hydrogens is 286 g/mol. The molecule has 4 rings (SSSR count). The van der Waals surface area contributed by atoms with E-state index in [4.69, 9.17) is 9.97 Å². The van der Waals surface area contributed by atoms with Gasteiger partial charge in [-0.25, -0.2) is 9.97 Å². The summed E-state index contributed by atoms with van der Waals surface area (Å²) in [5.41, 5.74) is 4.29. The molecule has 1 unspecified atom stereocenters. The molecule has 0 bridgehead atoms. The molecule has 0 amide bonds. The lowest BCUT2D eigenvalue weighted by atomic mass is 10.0. The van der Waals surface area contributed by atoms with E-state index in [2.05, 4.69) is 23.1 Å². The summed E-state index contributed by atoms with van der Waals surface area (Å²) in [5.74, 6) is 1.70. The second kappa shape index (κ2) is 5.65. The summed E-state index contributed by atoms with van der Waals surface area (Å²) in [6, 6.07) is 8.09. The molecule has 1 aliphatic rings. The van der Waals surface area contributed by atoms with Gasteiger partial charge in [0.05, 0.1) is 22.9 Å². The summed E-state index contributed by atoms with van der Waals surface area (Å²) in [4.78, 5) is 11.9. The van der Waals surface area contributed by atoms with E-state index in [0.29, 0.717) is 5.92 Å². The molecule has 0 aliphatic carbocycles. The number of nitrogens with zero attached hydrogens (tertiary/aromatic N) is 5. The van der Waals surface area contributed by atoms with E-state index in [1.807, 2.05) is 42.2 Å². The Morgan fingerprint density at radius 1 is 1.17 bits per heavy atom.